The van der Waals surface area contributed by atoms with Crippen LogP contribution >= 0.6 is 11.3 Å². The summed E-state index contributed by atoms with van der Waals surface area (Å²) in [6.07, 6.45) is 8.86. The van der Waals surface area contributed by atoms with Gasteiger partial charge in [0, 0.05) is 29.0 Å². The van der Waals surface area contributed by atoms with E-state index in [9.17, 15) is 9.59 Å². The molecule has 3 heterocycles. The number of carbonyl (C=O) groups is 2. The van der Waals surface area contributed by atoms with Gasteiger partial charge in [0.1, 0.15) is 0 Å². The van der Waals surface area contributed by atoms with Crippen LogP contribution in [0.1, 0.15) is 35.9 Å². The first-order valence-electron chi connectivity index (χ1n) is 8.91. The molecule has 3 rings (SSSR count). The Morgan fingerprint density at radius 3 is 2.59 bits per heavy atom. The van der Waals surface area contributed by atoms with Crippen LogP contribution in [-0.4, -0.2) is 31.8 Å². The van der Waals surface area contributed by atoms with Crippen LogP contribution in [0, 0.1) is 0 Å². The number of amides is 2. The van der Waals surface area contributed by atoms with Crippen LogP contribution in [-0.2, 0) is 16.0 Å². The number of hydrogen-bond donors (Lipinski definition) is 2. The van der Waals surface area contributed by atoms with E-state index in [1.807, 2.05) is 13.0 Å². The van der Waals surface area contributed by atoms with Crippen molar-refractivity contribution in [3.63, 3.8) is 0 Å². The second-order valence-corrected chi connectivity index (χ2v) is 7.45. The van der Waals surface area contributed by atoms with Crippen molar-refractivity contribution < 1.29 is 9.59 Å². The van der Waals surface area contributed by atoms with Crippen LogP contribution in [0.5, 0.6) is 0 Å². The summed E-state index contributed by atoms with van der Waals surface area (Å²) < 4.78 is 0. The predicted molar refractivity (Wildman–Crippen MR) is 112 cm³/mol. The minimum absolute atomic E-state index is 0.0923. The number of hydrogen-bond acceptors (Lipinski definition) is 7. The Hall–Kier alpha value is -3.46. The lowest BCUT2D eigenvalue weighted by Crippen LogP contribution is -2.18. The molecule has 1 atom stereocenters. The van der Waals surface area contributed by atoms with Crippen LogP contribution in [0.4, 0.5) is 5.13 Å². The first-order chi connectivity index (χ1) is 13.9. The molecule has 148 valence electrons. The van der Waals surface area contributed by atoms with Gasteiger partial charge < -0.3 is 11.1 Å². The predicted octanol–water partition coefficient (Wildman–Crippen LogP) is 2.80. The average Bonchev–Trinajstić information content (AvgIpc) is 3.20. The lowest BCUT2D eigenvalue weighted by Gasteiger charge is -2.12. The largest absolute Gasteiger partial charge is 0.366 e. The van der Waals surface area contributed by atoms with E-state index in [0.29, 0.717) is 22.1 Å². The highest BCUT2D eigenvalue weighted by Crippen LogP contribution is 2.24. The van der Waals surface area contributed by atoms with Crippen molar-refractivity contribution in [2.75, 3.05) is 5.32 Å². The number of anilines is 1. The topological polar surface area (TPSA) is 124 Å². The van der Waals surface area contributed by atoms with Crippen LogP contribution in [0.3, 0.4) is 0 Å². The number of aryl methyl sites for hydroxylation is 1. The molecule has 3 N–H and O–H groups in total. The van der Waals surface area contributed by atoms with Gasteiger partial charge in [-0.2, -0.15) is 0 Å². The number of nitrogens with two attached hydrogens (primary N) is 1. The van der Waals surface area contributed by atoms with E-state index in [2.05, 4.69) is 31.8 Å². The van der Waals surface area contributed by atoms with Crippen LogP contribution in [0.15, 0.2) is 43.6 Å². The minimum Gasteiger partial charge on any atom is -0.366 e. The Morgan fingerprint density at radius 2 is 1.97 bits per heavy atom. The summed E-state index contributed by atoms with van der Waals surface area (Å²) in [5.41, 5.74) is 7.60. The van der Waals surface area contributed by atoms with Crippen molar-refractivity contribution in [2.45, 2.75) is 26.2 Å². The normalized spacial score (nSPS) is 11.7. The zero-order valence-electron chi connectivity index (χ0n) is 16.0. The van der Waals surface area contributed by atoms with E-state index < -0.39 is 11.8 Å². The van der Waals surface area contributed by atoms with Gasteiger partial charge in [-0.1, -0.05) is 13.5 Å². The second-order valence-electron chi connectivity index (χ2n) is 6.33. The molecule has 0 spiro atoms. The maximum absolute atomic E-state index is 12.6. The molecule has 0 aromatic carbocycles. The highest BCUT2D eigenvalue weighted by atomic mass is 32.1. The van der Waals surface area contributed by atoms with Gasteiger partial charge in [0.15, 0.2) is 5.13 Å². The lowest BCUT2D eigenvalue weighted by molar-refractivity contribution is -0.117. The lowest BCUT2D eigenvalue weighted by atomic mass is 10.00. The second kappa shape index (κ2) is 8.70. The zero-order chi connectivity index (χ0) is 21.0. The molecule has 0 aliphatic rings. The molecule has 0 aliphatic heterocycles. The summed E-state index contributed by atoms with van der Waals surface area (Å²) in [7, 11) is 0. The molecule has 0 aliphatic carbocycles. The van der Waals surface area contributed by atoms with E-state index in [0.717, 1.165) is 16.9 Å². The Balaban J connectivity index is 1.76. The van der Waals surface area contributed by atoms with Gasteiger partial charge in [-0.05, 0) is 25.0 Å². The number of carbonyl (C=O) groups excluding carboxylic acids is 2. The smallest absolute Gasteiger partial charge is 0.250 e. The standard InChI is InChI=1S/C20H20N6O2S/c1-4-15-8-25-20(29-15)26-19(28)11(2)13-5-14(7-22-6-13)17-10-23-16(9-24-17)12(3)18(21)27/h5-11H,3-4H2,1-2H3,(H2,21,27)(H,25,26,28). The first-order valence-corrected chi connectivity index (χ1v) is 9.72. The third-order valence-electron chi connectivity index (χ3n) is 4.34. The van der Waals surface area contributed by atoms with E-state index in [-0.39, 0.29) is 11.5 Å². The molecule has 9 heteroatoms. The Labute approximate surface area is 172 Å². The van der Waals surface area contributed by atoms with E-state index >= 15 is 0 Å². The SMILES string of the molecule is C=C(C(N)=O)c1cnc(-c2cncc(C(C)C(=O)Nc3ncc(CC)s3)c2)cn1. The van der Waals surface area contributed by atoms with Crippen molar-refractivity contribution in [3.05, 3.63) is 59.8 Å². The molecule has 0 radical (unpaired) electrons. The van der Waals surface area contributed by atoms with Crippen LogP contribution in [0.2, 0.25) is 0 Å². The average molecular weight is 408 g/mol. The molecule has 3 aromatic rings. The van der Waals surface area contributed by atoms with Gasteiger partial charge in [-0.15, -0.1) is 11.3 Å². The van der Waals surface area contributed by atoms with Crippen LogP contribution in [0.25, 0.3) is 16.8 Å². The molecular weight excluding hydrogens is 388 g/mol. The quantitative estimate of drug-likeness (QED) is 0.579. The monoisotopic (exact) mass is 408 g/mol. The van der Waals surface area contributed by atoms with E-state index in [4.69, 9.17) is 5.73 Å². The molecule has 1 unspecified atom stereocenters. The maximum Gasteiger partial charge on any atom is 0.250 e. The number of pyridine rings is 1. The fourth-order valence-corrected chi connectivity index (χ4v) is 3.24. The first kappa shape index (κ1) is 20.3. The van der Waals surface area contributed by atoms with Gasteiger partial charge in [-0.3, -0.25) is 24.5 Å². The van der Waals surface area contributed by atoms with Gasteiger partial charge in [-0.25, -0.2) is 4.98 Å². The molecular formula is C20H20N6O2S. The number of primary amides is 1. The molecule has 3 aromatic heterocycles. The third kappa shape index (κ3) is 4.69. The summed E-state index contributed by atoms with van der Waals surface area (Å²) in [5.74, 6) is -1.25. The zero-order valence-corrected chi connectivity index (χ0v) is 16.9. The highest BCUT2D eigenvalue weighted by Gasteiger charge is 2.18. The Bertz CT molecular complexity index is 1060. The molecule has 8 nitrogen and oxygen atoms in total. The molecule has 2 amide bonds. The van der Waals surface area contributed by atoms with Gasteiger partial charge in [0.2, 0.25) is 11.8 Å². The fourth-order valence-electron chi connectivity index (χ4n) is 2.49. The molecule has 0 saturated carbocycles. The van der Waals surface area contributed by atoms with E-state index in [1.165, 1.54) is 23.7 Å². The highest BCUT2D eigenvalue weighted by molar-refractivity contribution is 7.15. The van der Waals surface area contributed by atoms with Crippen molar-refractivity contribution in [3.8, 4) is 11.3 Å². The number of nitrogens with one attached hydrogen (secondary N) is 1. The number of thiazole rings is 1. The van der Waals surface area contributed by atoms with Crippen molar-refractivity contribution in [2.24, 2.45) is 5.73 Å². The molecule has 0 saturated heterocycles. The summed E-state index contributed by atoms with van der Waals surface area (Å²) in [5, 5.41) is 3.43. The van der Waals surface area contributed by atoms with Crippen LogP contribution < -0.4 is 11.1 Å². The number of rotatable bonds is 7. The van der Waals surface area contributed by atoms with Gasteiger partial charge in [0.05, 0.1) is 35.3 Å². The minimum atomic E-state index is -0.651. The molecule has 0 fully saturated rings. The third-order valence-corrected chi connectivity index (χ3v) is 5.40. The van der Waals surface area contributed by atoms with Gasteiger partial charge in [0.25, 0.3) is 0 Å². The Kier molecular flexibility index (Phi) is 6.08. The van der Waals surface area contributed by atoms with Crippen molar-refractivity contribution >= 4 is 33.9 Å². The number of nitrogens with zero attached hydrogens (tertiary/aromatic N) is 4. The fraction of sp³-hybridized carbons (Fsp3) is 0.200. The molecule has 29 heavy (non-hydrogen) atoms. The summed E-state index contributed by atoms with van der Waals surface area (Å²) in [6, 6.07) is 1.84. The van der Waals surface area contributed by atoms with Crippen molar-refractivity contribution in [1.82, 2.24) is 19.9 Å². The maximum atomic E-state index is 12.6. The molecule has 0 bridgehead atoms. The number of aromatic nitrogens is 4. The van der Waals surface area contributed by atoms with E-state index in [1.54, 1.807) is 25.5 Å². The summed E-state index contributed by atoms with van der Waals surface area (Å²) >= 11 is 1.46. The Morgan fingerprint density at radius 1 is 1.17 bits per heavy atom. The van der Waals surface area contributed by atoms with Crippen molar-refractivity contribution in [1.29, 1.82) is 0 Å². The summed E-state index contributed by atoms with van der Waals surface area (Å²) in [6.45, 7) is 7.43. The van der Waals surface area contributed by atoms with Gasteiger partial charge >= 0.3 is 0 Å². The summed E-state index contributed by atoms with van der Waals surface area (Å²) in [4.78, 5) is 41.8.